The first kappa shape index (κ1) is 15.7. The molecule has 0 unspecified atom stereocenters. The molecule has 0 aromatic rings. The van der Waals surface area contributed by atoms with Crippen LogP contribution in [0.4, 0.5) is 0 Å². The van der Waals surface area contributed by atoms with Gasteiger partial charge in [-0.1, -0.05) is 12.8 Å². The molecule has 4 heteroatoms. The average Bonchev–Trinajstić information content (AvgIpc) is 3.18. The maximum absolute atomic E-state index is 9.46. The minimum atomic E-state index is 0.291. The Kier molecular flexibility index (Phi) is 5.54. The van der Waals surface area contributed by atoms with Gasteiger partial charge in [-0.15, -0.1) is 0 Å². The highest BCUT2D eigenvalue weighted by atomic mass is 16.5. The zero-order chi connectivity index (χ0) is 14.5. The van der Waals surface area contributed by atoms with E-state index >= 15 is 0 Å². The van der Waals surface area contributed by atoms with E-state index in [9.17, 15) is 5.11 Å². The van der Waals surface area contributed by atoms with Crippen LogP contribution in [-0.4, -0.2) is 61.5 Å². The van der Waals surface area contributed by atoms with Gasteiger partial charge in [0, 0.05) is 44.9 Å². The second-order valence-corrected chi connectivity index (χ2v) is 7.40. The van der Waals surface area contributed by atoms with Crippen molar-refractivity contribution in [2.24, 2.45) is 5.41 Å². The maximum atomic E-state index is 9.46. The van der Waals surface area contributed by atoms with Gasteiger partial charge in [0.25, 0.3) is 0 Å². The molecule has 3 aliphatic rings. The topological polar surface area (TPSA) is 44.7 Å². The minimum Gasteiger partial charge on any atom is -0.395 e. The Hall–Kier alpha value is -0.160. The normalized spacial score (nSPS) is 26.6. The Morgan fingerprint density at radius 1 is 1.10 bits per heavy atom. The Balaban J connectivity index is 1.61. The van der Waals surface area contributed by atoms with Gasteiger partial charge >= 0.3 is 0 Å². The molecule has 0 atom stereocenters. The second kappa shape index (κ2) is 7.40. The van der Waals surface area contributed by atoms with Crippen molar-refractivity contribution in [3.63, 3.8) is 0 Å². The first-order valence-corrected chi connectivity index (χ1v) is 8.97. The number of nitrogens with zero attached hydrogens (tertiary/aromatic N) is 1. The molecule has 2 aliphatic carbocycles. The highest BCUT2D eigenvalue weighted by Crippen LogP contribution is 2.35. The van der Waals surface area contributed by atoms with Crippen molar-refractivity contribution in [1.29, 1.82) is 0 Å². The summed E-state index contributed by atoms with van der Waals surface area (Å²) >= 11 is 0. The third-order valence-corrected chi connectivity index (χ3v) is 5.66. The molecule has 1 aliphatic heterocycles. The number of aliphatic hydroxyl groups is 1. The first-order chi connectivity index (χ1) is 10.3. The monoisotopic (exact) mass is 296 g/mol. The number of hydrogen-bond acceptors (Lipinski definition) is 4. The van der Waals surface area contributed by atoms with E-state index in [4.69, 9.17) is 4.74 Å². The molecule has 2 saturated carbocycles. The van der Waals surface area contributed by atoms with Crippen LogP contribution in [0.2, 0.25) is 0 Å². The Labute approximate surface area is 129 Å². The van der Waals surface area contributed by atoms with Crippen molar-refractivity contribution >= 4 is 0 Å². The molecule has 4 nitrogen and oxygen atoms in total. The standard InChI is InChI=1S/C17H32N2O2/c20-10-9-19(16-3-1-2-4-16)14-17(7-11-21-12-8-17)13-18-15-5-6-15/h15-16,18,20H,1-14H2. The molecular weight excluding hydrogens is 264 g/mol. The smallest absolute Gasteiger partial charge is 0.0558 e. The SMILES string of the molecule is OCCN(CC1(CNC2CC2)CCOCC1)C1CCCC1. The summed E-state index contributed by atoms with van der Waals surface area (Å²) in [4.78, 5) is 2.59. The van der Waals surface area contributed by atoms with E-state index < -0.39 is 0 Å². The van der Waals surface area contributed by atoms with Gasteiger partial charge in [-0.25, -0.2) is 0 Å². The van der Waals surface area contributed by atoms with Crippen LogP contribution in [0.5, 0.6) is 0 Å². The zero-order valence-electron chi connectivity index (χ0n) is 13.4. The van der Waals surface area contributed by atoms with Crippen LogP contribution >= 0.6 is 0 Å². The van der Waals surface area contributed by atoms with Crippen LogP contribution in [-0.2, 0) is 4.74 Å². The molecule has 1 saturated heterocycles. The molecule has 3 rings (SSSR count). The van der Waals surface area contributed by atoms with Crippen LogP contribution in [0.3, 0.4) is 0 Å². The summed E-state index contributed by atoms with van der Waals surface area (Å²) in [5.41, 5.74) is 0.360. The quantitative estimate of drug-likeness (QED) is 0.716. The van der Waals surface area contributed by atoms with Gasteiger partial charge in [0.2, 0.25) is 0 Å². The van der Waals surface area contributed by atoms with Gasteiger partial charge in [0.15, 0.2) is 0 Å². The summed E-state index contributed by atoms with van der Waals surface area (Å²) in [6.07, 6.45) is 10.4. The lowest BCUT2D eigenvalue weighted by Gasteiger charge is -2.43. The fraction of sp³-hybridized carbons (Fsp3) is 1.00. The molecule has 0 spiro atoms. The summed E-state index contributed by atoms with van der Waals surface area (Å²) < 4.78 is 5.62. The molecule has 0 aromatic heterocycles. The Bertz CT molecular complexity index is 308. The lowest BCUT2D eigenvalue weighted by molar-refractivity contribution is -0.0145. The predicted molar refractivity (Wildman–Crippen MR) is 84.4 cm³/mol. The molecule has 3 fully saturated rings. The summed E-state index contributed by atoms with van der Waals surface area (Å²) in [5, 5.41) is 13.2. The van der Waals surface area contributed by atoms with Gasteiger partial charge in [-0.3, -0.25) is 4.90 Å². The van der Waals surface area contributed by atoms with Gasteiger partial charge in [-0.2, -0.15) is 0 Å². The van der Waals surface area contributed by atoms with E-state index in [0.717, 1.165) is 38.9 Å². The zero-order valence-corrected chi connectivity index (χ0v) is 13.4. The number of nitrogens with one attached hydrogen (secondary N) is 1. The number of aliphatic hydroxyl groups excluding tert-OH is 1. The summed E-state index contributed by atoms with van der Waals surface area (Å²) in [5.74, 6) is 0. The number of rotatable bonds is 8. The molecule has 0 aromatic carbocycles. The van der Waals surface area contributed by atoms with E-state index in [1.54, 1.807) is 0 Å². The van der Waals surface area contributed by atoms with E-state index in [0.29, 0.717) is 18.1 Å². The molecular formula is C17H32N2O2. The van der Waals surface area contributed by atoms with Crippen LogP contribution in [0.1, 0.15) is 51.4 Å². The van der Waals surface area contributed by atoms with Crippen LogP contribution < -0.4 is 5.32 Å². The van der Waals surface area contributed by atoms with Crippen molar-refractivity contribution in [3.05, 3.63) is 0 Å². The van der Waals surface area contributed by atoms with Gasteiger partial charge in [-0.05, 0) is 43.9 Å². The Morgan fingerprint density at radius 3 is 2.43 bits per heavy atom. The van der Waals surface area contributed by atoms with E-state index in [1.807, 2.05) is 0 Å². The maximum Gasteiger partial charge on any atom is 0.0558 e. The fourth-order valence-corrected chi connectivity index (χ4v) is 4.06. The minimum absolute atomic E-state index is 0.291. The van der Waals surface area contributed by atoms with Crippen molar-refractivity contribution in [2.75, 3.05) is 39.5 Å². The third kappa shape index (κ3) is 4.41. The van der Waals surface area contributed by atoms with E-state index in [2.05, 4.69) is 10.2 Å². The average molecular weight is 296 g/mol. The lowest BCUT2D eigenvalue weighted by atomic mass is 9.79. The van der Waals surface area contributed by atoms with Gasteiger partial charge in [0.1, 0.15) is 0 Å². The molecule has 2 N–H and O–H groups in total. The van der Waals surface area contributed by atoms with Crippen molar-refractivity contribution in [1.82, 2.24) is 10.2 Å². The molecule has 122 valence electrons. The first-order valence-electron chi connectivity index (χ1n) is 8.97. The van der Waals surface area contributed by atoms with Crippen molar-refractivity contribution < 1.29 is 9.84 Å². The number of ether oxygens (including phenoxy) is 1. The molecule has 0 bridgehead atoms. The van der Waals surface area contributed by atoms with E-state index in [1.165, 1.54) is 51.4 Å². The molecule has 0 radical (unpaired) electrons. The number of hydrogen-bond donors (Lipinski definition) is 2. The van der Waals surface area contributed by atoms with E-state index in [-0.39, 0.29) is 0 Å². The van der Waals surface area contributed by atoms with Gasteiger partial charge < -0.3 is 15.2 Å². The van der Waals surface area contributed by atoms with Crippen molar-refractivity contribution in [2.45, 2.75) is 63.5 Å². The molecule has 21 heavy (non-hydrogen) atoms. The van der Waals surface area contributed by atoms with Crippen LogP contribution in [0.25, 0.3) is 0 Å². The third-order valence-electron chi connectivity index (χ3n) is 5.66. The van der Waals surface area contributed by atoms with Gasteiger partial charge in [0.05, 0.1) is 6.61 Å². The highest BCUT2D eigenvalue weighted by molar-refractivity contribution is 4.92. The molecule has 1 heterocycles. The molecule has 0 amide bonds. The Morgan fingerprint density at radius 2 is 1.81 bits per heavy atom. The highest BCUT2D eigenvalue weighted by Gasteiger charge is 2.37. The van der Waals surface area contributed by atoms with Crippen molar-refractivity contribution in [3.8, 4) is 0 Å². The largest absolute Gasteiger partial charge is 0.395 e. The summed E-state index contributed by atoms with van der Waals surface area (Å²) in [6.45, 7) is 5.22. The fourth-order valence-electron chi connectivity index (χ4n) is 4.06. The summed E-state index contributed by atoms with van der Waals surface area (Å²) in [6, 6.07) is 1.49. The van der Waals surface area contributed by atoms with Crippen LogP contribution in [0, 0.1) is 5.41 Å². The van der Waals surface area contributed by atoms with Crippen LogP contribution in [0.15, 0.2) is 0 Å². The predicted octanol–water partition coefficient (Wildman–Crippen LogP) is 1.77. The summed E-state index contributed by atoms with van der Waals surface area (Å²) in [7, 11) is 0. The second-order valence-electron chi connectivity index (χ2n) is 7.40. The lowest BCUT2D eigenvalue weighted by Crippen LogP contribution is -2.50.